The number of nitrogens with zero attached hydrogens (tertiary/aromatic N) is 3. The fourth-order valence-corrected chi connectivity index (χ4v) is 5.28. The molecule has 0 N–H and O–H groups in total. The third kappa shape index (κ3) is 3.78. The van der Waals surface area contributed by atoms with Crippen molar-refractivity contribution in [1.29, 1.82) is 0 Å². The summed E-state index contributed by atoms with van der Waals surface area (Å²) in [4.78, 5) is 9.68. The van der Waals surface area contributed by atoms with Crippen LogP contribution in [0.1, 0.15) is 18.4 Å². The number of halogens is 3. The summed E-state index contributed by atoms with van der Waals surface area (Å²) < 4.78 is 65.8. The maximum Gasteiger partial charge on any atom is 0.419 e. The summed E-state index contributed by atoms with van der Waals surface area (Å²) in [5.74, 6) is -0.153. The van der Waals surface area contributed by atoms with E-state index in [0.717, 1.165) is 11.5 Å². The van der Waals surface area contributed by atoms with Crippen molar-refractivity contribution in [2.24, 2.45) is 0 Å². The van der Waals surface area contributed by atoms with Crippen LogP contribution >= 0.6 is 0 Å². The molecule has 0 radical (unpaired) electrons. The number of pyridine rings is 2. The van der Waals surface area contributed by atoms with Crippen molar-refractivity contribution in [2.75, 3.05) is 18.0 Å². The van der Waals surface area contributed by atoms with Gasteiger partial charge >= 0.3 is 6.18 Å². The summed E-state index contributed by atoms with van der Waals surface area (Å²) in [5.41, 5.74) is -0.216. The van der Waals surface area contributed by atoms with Gasteiger partial charge in [0.05, 0.1) is 16.3 Å². The highest BCUT2D eigenvalue weighted by Gasteiger charge is 2.38. The Balaban J connectivity index is 1.55. The van der Waals surface area contributed by atoms with Crippen LogP contribution in [-0.2, 0) is 16.0 Å². The number of hydrogen-bond acceptors (Lipinski definition) is 5. The van der Waals surface area contributed by atoms with E-state index in [1.165, 1.54) is 23.2 Å². The van der Waals surface area contributed by atoms with Gasteiger partial charge in [-0.05, 0) is 43.2 Å². The fraction of sp³-hybridized carbons (Fsp3) is 0.300. The van der Waals surface area contributed by atoms with Gasteiger partial charge in [-0.1, -0.05) is 18.2 Å². The summed E-state index contributed by atoms with van der Waals surface area (Å²) in [6.45, 7) is 0.356. The predicted molar refractivity (Wildman–Crippen MR) is 103 cm³/mol. The third-order valence-electron chi connectivity index (χ3n) is 5.14. The van der Waals surface area contributed by atoms with E-state index in [0.29, 0.717) is 5.52 Å². The van der Waals surface area contributed by atoms with E-state index in [1.54, 1.807) is 18.2 Å². The van der Waals surface area contributed by atoms with Crippen molar-refractivity contribution in [3.05, 3.63) is 60.3 Å². The molecule has 0 spiro atoms. The molecule has 2 aromatic heterocycles. The number of aromatic nitrogens is 2. The van der Waals surface area contributed by atoms with Gasteiger partial charge in [-0.3, -0.25) is 0 Å². The van der Waals surface area contributed by atoms with E-state index in [-0.39, 0.29) is 36.8 Å². The molecule has 152 valence electrons. The Morgan fingerprint density at radius 3 is 2.41 bits per heavy atom. The zero-order chi connectivity index (χ0) is 20.6. The molecule has 1 aromatic carbocycles. The molecule has 3 heterocycles. The average molecular weight is 421 g/mol. The third-order valence-corrected chi connectivity index (χ3v) is 7.30. The second-order valence-electron chi connectivity index (χ2n) is 6.95. The van der Waals surface area contributed by atoms with Crippen molar-refractivity contribution < 1.29 is 21.6 Å². The van der Waals surface area contributed by atoms with Crippen molar-refractivity contribution in [1.82, 2.24) is 9.97 Å². The van der Waals surface area contributed by atoms with Crippen LogP contribution in [0.2, 0.25) is 0 Å². The van der Waals surface area contributed by atoms with Crippen LogP contribution in [0.3, 0.4) is 0 Å². The molecule has 0 saturated carbocycles. The molecule has 29 heavy (non-hydrogen) atoms. The number of hydrogen-bond donors (Lipinski definition) is 0. The van der Waals surface area contributed by atoms with Crippen LogP contribution in [0.4, 0.5) is 19.0 Å². The lowest BCUT2D eigenvalue weighted by atomic mass is 10.1. The number of sulfone groups is 1. The molecule has 1 aliphatic heterocycles. The second kappa shape index (κ2) is 7.29. The van der Waals surface area contributed by atoms with E-state index in [1.807, 2.05) is 12.1 Å². The minimum Gasteiger partial charge on any atom is -0.356 e. The molecule has 1 fully saturated rings. The Kier molecular flexibility index (Phi) is 4.94. The smallest absolute Gasteiger partial charge is 0.356 e. The first-order chi connectivity index (χ1) is 13.8. The molecule has 5 nitrogen and oxygen atoms in total. The van der Waals surface area contributed by atoms with E-state index in [9.17, 15) is 21.6 Å². The first kappa shape index (κ1) is 19.6. The second-order valence-corrected chi connectivity index (χ2v) is 9.12. The normalized spacial score (nSPS) is 16.3. The standard InChI is InChI=1S/C20H18F3N3O2S/c21-20(22,23)16-5-3-11-24-19(16)26-12-9-15(10-13-26)29(27,28)18-8-7-14-4-1-2-6-17(14)25-18/h1-8,11,15H,9-10,12-13H2. The first-order valence-corrected chi connectivity index (χ1v) is 10.7. The monoisotopic (exact) mass is 421 g/mol. The highest BCUT2D eigenvalue weighted by atomic mass is 32.2. The molecule has 0 bridgehead atoms. The minimum atomic E-state index is -4.51. The van der Waals surface area contributed by atoms with Gasteiger partial charge in [-0.15, -0.1) is 0 Å². The minimum absolute atomic E-state index is 0.00321. The lowest BCUT2D eigenvalue weighted by Crippen LogP contribution is -2.40. The number of anilines is 1. The molecule has 0 atom stereocenters. The van der Waals surface area contributed by atoms with Crippen LogP contribution in [0.25, 0.3) is 10.9 Å². The van der Waals surface area contributed by atoms with Crippen LogP contribution < -0.4 is 4.90 Å². The number of para-hydroxylation sites is 1. The largest absolute Gasteiger partial charge is 0.419 e. The van der Waals surface area contributed by atoms with E-state index < -0.39 is 26.8 Å². The fourth-order valence-electron chi connectivity index (χ4n) is 3.62. The quantitative estimate of drug-likeness (QED) is 0.637. The summed E-state index contributed by atoms with van der Waals surface area (Å²) in [7, 11) is -3.68. The SMILES string of the molecule is O=S(=O)(c1ccc2ccccc2n1)C1CCN(c2ncccc2C(F)(F)F)CC1. The molecular weight excluding hydrogens is 403 g/mol. The lowest BCUT2D eigenvalue weighted by Gasteiger charge is -2.33. The Labute approximate surface area is 166 Å². The van der Waals surface area contributed by atoms with Gasteiger partial charge in [0.15, 0.2) is 14.9 Å². The van der Waals surface area contributed by atoms with Gasteiger partial charge in [-0.2, -0.15) is 13.2 Å². The molecule has 9 heteroatoms. The molecule has 1 saturated heterocycles. The van der Waals surface area contributed by atoms with Gasteiger partial charge in [0.25, 0.3) is 0 Å². The predicted octanol–water partition coefficient (Wildman–Crippen LogP) is 4.09. The van der Waals surface area contributed by atoms with E-state index in [4.69, 9.17) is 0 Å². The summed E-state index contributed by atoms with van der Waals surface area (Å²) in [6, 6.07) is 12.7. The summed E-state index contributed by atoms with van der Waals surface area (Å²) in [5, 5.41) is 0.157. The van der Waals surface area contributed by atoms with Crippen LogP contribution in [-0.4, -0.2) is 36.7 Å². The van der Waals surface area contributed by atoms with Gasteiger partial charge in [0.2, 0.25) is 0 Å². The molecule has 0 amide bonds. The molecule has 0 aliphatic carbocycles. The number of benzene rings is 1. The van der Waals surface area contributed by atoms with Crippen molar-refractivity contribution in [3.8, 4) is 0 Å². The number of rotatable bonds is 3. The Hall–Kier alpha value is -2.68. The van der Waals surface area contributed by atoms with E-state index >= 15 is 0 Å². The zero-order valence-corrected chi connectivity index (χ0v) is 16.1. The lowest BCUT2D eigenvalue weighted by molar-refractivity contribution is -0.137. The summed E-state index contributed by atoms with van der Waals surface area (Å²) in [6.07, 6.45) is -2.77. The maximum atomic E-state index is 13.2. The maximum absolute atomic E-state index is 13.2. The van der Waals surface area contributed by atoms with Crippen molar-refractivity contribution in [2.45, 2.75) is 29.3 Å². The average Bonchev–Trinajstić information content (AvgIpc) is 2.73. The Morgan fingerprint density at radius 1 is 0.966 bits per heavy atom. The molecule has 3 aromatic rings. The number of alkyl halides is 3. The van der Waals surface area contributed by atoms with Gasteiger partial charge < -0.3 is 4.90 Å². The Bertz CT molecular complexity index is 1140. The van der Waals surface area contributed by atoms with Gasteiger partial charge in [0.1, 0.15) is 5.82 Å². The molecule has 4 rings (SSSR count). The van der Waals surface area contributed by atoms with Gasteiger partial charge in [0, 0.05) is 24.7 Å². The van der Waals surface area contributed by atoms with Crippen LogP contribution in [0, 0.1) is 0 Å². The topological polar surface area (TPSA) is 63.2 Å². The number of piperidine rings is 1. The first-order valence-electron chi connectivity index (χ1n) is 9.14. The van der Waals surface area contributed by atoms with E-state index in [2.05, 4.69) is 9.97 Å². The van der Waals surface area contributed by atoms with Crippen molar-refractivity contribution in [3.63, 3.8) is 0 Å². The highest BCUT2D eigenvalue weighted by molar-refractivity contribution is 7.92. The van der Waals surface area contributed by atoms with Crippen LogP contribution in [0.15, 0.2) is 59.8 Å². The molecular formula is C20H18F3N3O2S. The van der Waals surface area contributed by atoms with Crippen molar-refractivity contribution >= 4 is 26.6 Å². The summed E-state index contributed by atoms with van der Waals surface area (Å²) >= 11 is 0. The number of fused-ring (bicyclic) bond motifs is 1. The zero-order valence-electron chi connectivity index (χ0n) is 15.3. The molecule has 1 aliphatic rings. The Morgan fingerprint density at radius 2 is 1.69 bits per heavy atom. The van der Waals surface area contributed by atoms with Gasteiger partial charge in [-0.25, -0.2) is 18.4 Å². The highest BCUT2D eigenvalue weighted by Crippen LogP contribution is 2.36. The molecule has 0 unspecified atom stereocenters. The van der Waals surface area contributed by atoms with Crippen LogP contribution in [0.5, 0.6) is 0 Å².